The monoisotopic (exact) mass is 316 g/mol. The second kappa shape index (κ2) is 6.15. The van der Waals surface area contributed by atoms with Crippen LogP contribution in [0.15, 0.2) is 15.5 Å². The number of aromatic nitrogens is 1. The van der Waals surface area contributed by atoms with E-state index in [1.54, 1.807) is 13.8 Å². The van der Waals surface area contributed by atoms with Crippen molar-refractivity contribution in [2.24, 2.45) is 5.92 Å². The van der Waals surface area contributed by atoms with Crippen LogP contribution in [0.1, 0.15) is 29.9 Å². The maximum absolute atomic E-state index is 11.9. The first-order valence-electron chi connectivity index (χ1n) is 5.68. The van der Waals surface area contributed by atoms with E-state index in [-0.39, 0.29) is 29.6 Å². The Hall–Kier alpha value is -1.14. The quantitative estimate of drug-likeness (QED) is 0.780. The van der Waals surface area contributed by atoms with Gasteiger partial charge in [0.1, 0.15) is 5.56 Å². The number of aromatic amines is 1. The normalized spacial score (nSPS) is 14.1. The summed E-state index contributed by atoms with van der Waals surface area (Å²) in [4.78, 5) is 26.7. The summed E-state index contributed by atoms with van der Waals surface area (Å²) in [6, 6.07) is -0.207. The molecule has 0 saturated carbocycles. The van der Waals surface area contributed by atoms with Crippen molar-refractivity contribution in [1.29, 1.82) is 0 Å². The lowest BCUT2D eigenvalue weighted by molar-refractivity contribution is 0.0914. The molecule has 0 radical (unpaired) electrons. The van der Waals surface area contributed by atoms with Crippen LogP contribution in [0.25, 0.3) is 0 Å². The smallest absolute Gasteiger partial charge is 0.257 e. The van der Waals surface area contributed by atoms with Gasteiger partial charge in [0.05, 0.1) is 4.47 Å². The Morgan fingerprint density at radius 1 is 1.56 bits per heavy atom. The molecule has 0 saturated heterocycles. The van der Waals surface area contributed by atoms with Gasteiger partial charge in [-0.3, -0.25) is 9.59 Å². The standard InChI is InChI=1S/C12H17BrN2O3/c1-6(5-16)7(2)15-12(18)9-4-14-8(3)10(13)11(9)17/h4,6-7,16H,5H2,1-3H3,(H,14,17)(H,15,18). The molecule has 1 aromatic rings. The summed E-state index contributed by atoms with van der Waals surface area (Å²) in [5.74, 6) is -0.508. The van der Waals surface area contributed by atoms with E-state index in [4.69, 9.17) is 5.11 Å². The Morgan fingerprint density at radius 2 is 2.17 bits per heavy atom. The topological polar surface area (TPSA) is 82.2 Å². The van der Waals surface area contributed by atoms with E-state index < -0.39 is 5.91 Å². The summed E-state index contributed by atoms with van der Waals surface area (Å²) in [5.41, 5.74) is 0.394. The highest BCUT2D eigenvalue weighted by Crippen LogP contribution is 2.09. The number of amides is 1. The first-order valence-corrected chi connectivity index (χ1v) is 6.47. The van der Waals surface area contributed by atoms with Crippen LogP contribution in [0.2, 0.25) is 0 Å². The van der Waals surface area contributed by atoms with Gasteiger partial charge in [0.2, 0.25) is 5.43 Å². The third-order valence-corrected chi connectivity index (χ3v) is 3.91. The molecule has 2 unspecified atom stereocenters. The molecule has 1 aromatic heterocycles. The molecular formula is C12H17BrN2O3. The van der Waals surface area contributed by atoms with E-state index in [0.29, 0.717) is 10.2 Å². The number of aryl methyl sites for hydroxylation is 1. The molecule has 100 valence electrons. The van der Waals surface area contributed by atoms with Crippen molar-refractivity contribution in [1.82, 2.24) is 10.3 Å². The van der Waals surface area contributed by atoms with Crippen molar-refractivity contribution < 1.29 is 9.90 Å². The minimum Gasteiger partial charge on any atom is -0.396 e. The lowest BCUT2D eigenvalue weighted by Gasteiger charge is -2.19. The number of pyridine rings is 1. The number of aliphatic hydroxyl groups excluding tert-OH is 1. The molecule has 1 heterocycles. The van der Waals surface area contributed by atoms with Gasteiger partial charge in [-0.15, -0.1) is 0 Å². The third kappa shape index (κ3) is 3.20. The number of aliphatic hydroxyl groups is 1. The number of halogens is 1. The van der Waals surface area contributed by atoms with Crippen LogP contribution >= 0.6 is 15.9 Å². The van der Waals surface area contributed by atoms with Crippen molar-refractivity contribution in [3.63, 3.8) is 0 Å². The number of hydrogen-bond donors (Lipinski definition) is 3. The molecule has 2 atom stereocenters. The molecule has 0 aliphatic heterocycles. The van der Waals surface area contributed by atoms with E-state index in [0.717, 1.165) is 0 Å². The van der Waals surface area contributed by atoms with Gasteiger partial charge in [-0.25, -0.2) is 0 Å². The summed E-state index contributed by atoms with van der Waals surface area (Å²) in [7, 11) is 0. The fourth-order valence-electron chi connectivity index (χ4n) is 1.35. The second-order valence-corrected chi connectivity index (χ2v) is 5.19. The summed E-state index contributed by atoms with van der Waals surface area (Å²) >= 11 is 3.14. The second-order valence-electron chi connectivity index (χ2n) is 4.39. The summed E-state index contributed by atoms with van der Waals surface area (Å²) in [5, 5.41) is 11.7. The van der Waals surface area contributed by atoms with Crippen molar-refractivity contribution in [3.05, 3.63) is 32.2 Å². The predicted octanol–water partition coefficient (Wildman–Crippen LogP) is 1.19. The molecule has 0 fully saturated rings. The zero-order valence-corrected chi connectivity index (χ0v) is 12.2. The van der Waals surface area contributed by atoms with Crippen LogP contribution in [0.5, 0.6) is 0 Å². The first-order chi connectivity index (χ1) is 8.38. The minimum atomic E-state index is -0.440. The average molecular weight is 317 g/mol. The van der Waals surface area contributed by atoms with Crippen LogP contribution in [0.3, 0.4) is 0 Å². The number of hydrogen-bond acceptors (Lipinski definition) is 3. The van der Waals surface area contributed by atoms with E-state index in [1.165, 1.54) is 6.20 Å². The van der Waals surface area contributed by atoms with Crippen LogP contribution in [0, 0.1) is 12.8 Å². The molecule has 0 aromatic carbocycles. The fraction of sp³-hybridized carbons (Fsp3) is 0.500. The van der Waals surface area contributed by atoms with Crippen molar-refractivity contribution >= 4 is 21.8 Å². The highest BCUT2D eigenvalue weighted by atomic mass is 79.9. The SMILES string of the molecule is Cc1[nH]cc(C(=O)NC(C)C(C)CO)c(=O)c1Br. The summed E-state index contributed by atoms with van der Waals surface area (Å²) in [6.45, 7) is 5.33. The number of carbonyl (C=O) groups excluding carboxylic acids is 1. The lowest BCUT2D eigenvalue weighted by atomic mass is 10.0. The van der Waals surface area contributed by atoms with Gasteiger partial charge in [0, 0.05) is 24.5 Å². The van der Waals surface area contributed by atoms with Gasteiger partial charge >= 0.3 is 0 Å². The highest BCUT2D eigenvalue weighted by molar-refractivity contribution is 9.10. The molecule has 0 aliphatic rings. The molecule has 0 bridgehead atoms. The van der Waals surface area contributed by atoms with Crippen molar-refractivity contribution in [2.45, 2.75) is 26.8 Å². The molecule has 0 spiro atoms. The predicted molar refractivity (Wildman–Crippen MR) is 72.7 cm³/mol. The summed E-state index contributed by atoms with van der Waals surface area (Å²) in [6.07, 6.45) is 1.40. The first kappa shape index (κ1) is 14.9. The van der Waals surface area contributed by atoms with Gasteiger partial charge < -0.3 is 15.4 Å². The van der Waals surface area contributed by atoms with Crippen molar-refractivity contribution in [3.8, 4) is 0 Å². The Labute approximate surface area is 114 Å². The zero-order valence-electron chi connectivity index (χ0n) is 10.6. The maximum atomic E-state index is 11.9. The number of H-pyrrole nitrogens is 1. The number of nitrogens with one attached hydrogen (secondary N) is 2. The van der Waals surface area contributed by atoms with E-state index >= 15 is 0 Å². The Morgan fingerprint density at radius 3 is 2.72 bits per heavy atom. The zero-order chi connectivity index (χ0) is 13.9. The van der Waals surface area contributed by atoms with E-state index in [2.05, 4.69) is 26.2 Å². The molecule has 0 aliphatic carbocycles. The van der Waals surface area contributed by atoms with Gasteiger partial charge in [-0.1, -0.05) is 6.92 Å². The minimum absolute atomic E-state index is 0.0185. The van der Waals surface area contributed by atoms with Gasteiger partial charge in [-0.2, -0.15) is 0 Å². The summed E-state index contributed by atoms with van der Waals surface area (Å²) < 4.78 is 0.359. The molecule has 3 N–H and O–H groups in total. The third-order valence-electron chi connectivity index (χ3n) is 2.95. The van der Waals surface area contributed by atoms with Gasteiger partial charge in [-0.05, 0) is 35.7 Å². The molecule has 5 nitrogen and oxygen atoms in total. The molecule has 6 heteroatoms. The molecule has 18 heavy (non-hydrogen) atoms. The van der Waals surface area contributed by atoms with Crippen LogP contribution < -0.4 is 10.7 Å². The molecule has 1 rings (SSSR count). The Kier molecular flexibility index (Phi) is 5.10. The van der Waals surface area contributed by atoms with E-state index in [1.807, 2.05) is 6.92 Å². The maximum Gasteiger partial charge on any atom is 0.257 e. The largest absolute Gasteiger partial charge is 0.396 e. The number of carbonyl (C=O) groups is 1. The van der Waals surface area contributed by atoms with Crippen LogP contribution in [-0.2, 0) is 0 Å². The lowest BCUT2D eigenvalue weighted by Crippen LogP contribution is -2.40. The molecular weight excluding hydrogens is 300 g/mol. The van der Waals surface area contributed by atoms with Crippen LogP contribution in [-0.4, -0.2) is 28.6 Å². The Bertz CT molecular complexity index is 499. The van der Waals surface area contributed by atoms with Crippen molar-refractivity contribution in [2.75, 3.05) is 6.61 Å². The number of rotatable bonds is 4. The van der Waals surface area contributed by atoms with Gasteiger partial charge in [0.15, 0.2) is 0 Å². The molecule has 1 amide bonds. The fourth-order valence-corrected chi connectivity index (χ4v) is 1.68. The van der Waals surface area contributed by atoms with Crippen LogP contribution in [0.4, 0.5) is 0 Å². The highest BCUT2D eigenvalue weighted by Gasteiger charge is 2.18. The average Bonchev–Trinajstić information content (AvgIpc) is 2.34. The Balaban J connectivity index is 2.93. The van der Waals surface area contributed by atoms with Gasteiger partial charge in [0.25, 0.3) is 5.91 Å². The van der Waals surface area contributed by atoms with E-state index in [9.17, 15) is 9.59 Å².